The molecule has 0 atom stereocenters. The van der Waals surface area contributed by atoms with Gasteiger partial charge in [-0.25, -0.2) is 4.79 Å². The van der Waals surface area contributed by atoms with E-state index in [-0.39, 0.29) is 18.1 Å². The zero-order valence-electron chi connectivity index (χ0n) is 12.7. The number of likely N-dealkylation sites (N-methyl/N-ethyl adjacent to an activating group) is 1. The summed E-state index contributed by atoms with van der Waals surface area (Å²) >= 11 is 0. The van der Waals surface area contributed by atoms with Crippen molar-refractivity contribution in [2.75, 3.05) is 20.3 Å². The Hall–Kier alpha value is -1.88. The molecule has 0 spiro atoms. The number of rotatable bonds is 9. The summed E-state index contributed by atoms with van der Waals surface area (Å²) in [7, 11) is 1.71. The van der Waals surface area contributed by atoms with Gasteiger partial charge in [0.2, 0.25) is 5.91 Å². The summed E-state index contributed by atoms with van der Waals surface area (Å²) in [5.74, 6) is -1.03. The van der Waals surface area contributed by atoms with Crippen LogP contribution in [0.2, 0.25) is 0 Å². The molecule has 0 saturated carbocycles. The van der Waals surface area contributed by atoms with Crippen LogP contribution in [-0.4, -0.2) is 42.1 Å². The van der Waals surface area contributed by atoms with Crippen LogP contribution in [-0.2, 0) is 16.1 Å². The van der Waals surface area contributed by atoms with E-state index in [1.54, 1.807) is 24.1 Å². The first-order valence-corrected chi connectivity index (χ1v) is 7.18. The third kappa shape index (κ3) is 6.40. The van der Waals surface area contributed by atoms with E-state index in [1.807, 2.05) is 0 Å². The van der Waals surface area contributed by atoms with E-state index in [1.165, 1.54) is 12.1 Å². The number of carboxylic acid groups (broad SMARTS) is 1. The quantitative estimate of drug-likeness (QED) is 0.711. The minimum atomic E-state index is -0.952. The lowest BCUT2D eigenvalue weighted by molar-refractivity contribution is -0.135. The highest BCUT2D eigenvalue weighted by atomic mass is 16.5. The van der Waals surface area contributed by atoms with Crippen LogP contribution in [0.4, 0.5) is 0 Å². The molecule has 0 heterocycles. The van der Waals surface area contributed by atoms with Crippen molar-refractivity contribution >= 4 is 11.9 Å². The largest absolute Gasteiger partial charge is 0.478 e. The number of nitrogens with zero attached hydrogens (tertiary/aromatic N) is 1. The lowest BCUT2D eigenvalue weighted by atomic mass is 10.1. The molecule has 5 nitrogen and oxygen atoms in total. The Labute approximate surface area is 125 Å². The van der Waals surface area contributed by atoms with Crippen molar-refractivity contribution in [2.24, 2.45) is 0 Å². The summed E-state index contributed by atoms with van der Waals surface area (Å²) < 4.78 is 5.34. The summed E-state index contributed by atoms with van der Waals surface area (Å²) in [5, 5.41) is 8.82. The molecule has 0 fully saturated rings. The molecule has 0 aliphatic heterocycles. The molecule has 0 aliphatic carbocycles. The van der Waals surface area contributed by atoms with Gasteiger partial charge in [-0.15, -0.1) is 0 Å². The number of ether oxygens (including phenoxy) is 1. The second-order valence-corrected chi connectivity index (χ2v) is 5.01. The Balaban J connectivity index is 2.36. The van der Waals surface area contributed by atoms with Crippen LogP contribution >= 0.6 is 0 Å². The van der Waals surface area contributed by atoms with Gasteiger partial charge in [0.05, 0.1) is 5.56 Å². The van der Waals surface area contributed by atoms with Crippen LogP contribution in [0.5, 0.6) is 0 Å². The van der Waals surface area contributed by atoms with E-state index < -0.39 is 5.97 Å². The van der Waals surface area contributed by atoms with Gasteiger partial charge in [-0.2, -0.15) is 0 Å². The molecule has 0 aromatic heterocycles. The highest BCUT2D eigenvalue weighted by molar-refractivity contribution is 5.87. The average molecular weight is 293 g/mol. The Morgan fingerprint density at radius 2 is 1.86 bits per heavy atom. The van der Waals surface area contributed by atoms with Crippen molar-refractivity contribution in [3.05, 3.63) is 35.4 Å². The first-order chi connectivity index (χ1) is 10.0. The molecule has 1 aromatic carbocycles. The van der Waals surface area contributed by atoms with Gasteiger partial charge < -0.3 is 14.7 Å². The van der Waals surface area contributed by atoms with Gasteiger partial charge >= 0.3 is 5.97 Å². The Morgan fingerprint density at radius 1 is 1.19 bits per heavy atom. The maximum Gasteiger partial charge on any atom is 0.335 e. The molecule has 0 saturated heterocycles. The number of unbranched alkanes of at least 4 members (excludes halogenated alkanes) is 2. The molecule has 1 rings (SSSR count). The fourth-order valence-electron chi connectivity index (χ4n) is 1.84. The molecule has 0 bridgehead atoms. The molecular formula is C16H23NO4. The van der Waals surface area contributed by atoms with Gasteiger partial charge in [-0.1, -0.05) is 31.9 Å². The van der Waals surface area contributed by atoms with Crippen molar-refractivity contribution < 1.29 is 19.4 Å². The minimum absolute atomic E-state index is 0.0752. The minimum Gasteiger partial charge on any atom is -0.478 e. The summed E-state index contributed by atoms with van der Waals surface area (Å²) in [5.41, 5.74) is 1.13. The number of carbonyl (C=O) groups is 2. The predicted octanol–water partition coefficient (Wildman–Crippen LogP) is 2.55. The van der Waals surface area contributed by atoms with Crippen LogP contribution in [0.3, 0.4) is 0 Å². The highest BCUT2D eigenvalue weighted by Crippen LogP contribution is 2.07. The highest BCUT2D eigenvalue weighted by Gasteiger charge is 2.10. The first-order valence-electron chi connectivity index (χ1n) is 7.18. The van der Waals surface area contributed by atoms with Crippen LogP contribution in [0.1, 0.15) is 42.1 Å². The first kappa shape index (κ1) is 17.2. The second kappa shape index (κ2) is 9.13. The molecule has 116 valence electrons. The van der Waals surface area contributed by atoms with Gasteiger partial charge in [0, 0.05) is 20.2 Å². The third-order valence-corrected chi connectivity index (χ3v) is 3.16. The van der Waals surface area contributed by atoms with Gasteiger partial charge in [0.1, 0.15) is 6.61 Å². The predicted molar refractivity (Wildman–Crippen MR) is 80.2 cm³/mol. The maximum absolute atomic E-state index is 11.9. The number of benzene rings is 1. The van der Waals surface area contributed by atoms with Gasteiger partial charge in [0.25, 0.3) is 0 Å². The van der Waals surface area contributed by atoms with Crippen molar-refractivity contribution in [1.29, 1.82) is 0 Å². The lowest BCUT2D eigenvalue weighted by Crippen LogP contribution is -2.30. The SMILES string of the molecule is CCCCCOCC(=O)N(C)Cc1ccc(C(=O)O)cc1. The van der Waals surface area contributed by atoms with Crippen LogP contribution < -0.4 is 0 Å². The summed E-state index contributed by atoms with van der Waals surface area (Å²) in [6.07, 6.45) is 3.22. The number of hydrogen-bond acceptors (Lipinski definition) is 3. The Bertz CT molecular complexity index is 456. The monoisotopic (exact) mass is 293 g/mol. The summed E-state index contributed by atoms with van der Waals surface area (Å²) in [6, 6.07) is 6.51. The normalized spacial score (nSPS) is 10.4. The molecule has 0 unspecified atom stereocenters. The zero-order valence-corrected chi connectivity index (χ0v) is 12.7. The molecule has 0 aliphatic rings. The number of amides is 1. The van der Waals surface area contributed by atoms with Crippen molar-refractivity contribution in [1.82, 2.24) is 4.90 Å². The molecule has 0 radical (unpaired) electrons. The number of carbonyl (C=O) groups excluding carboxylic acids is 1. The smallest absolute Gasteiger partial charge is 0.335 e. The van der Waals surface area contributed by atoms with Crippen LogP contribution in [0, 0.1) is 0 Å². The Kier molecular flexibility index (Phi) is 7.46. The zero-order chi connectivity index (χ0) is 15.7. The van der Waals surface area contributed by atoms with E-state index in [2.05, 4.69) is 6.92 Å². The van der Waals surface area contributed by atoms with Crippen molar-refractivity contribution in [3.63, 3.8) is 0 Å². The van der Waals surface area contributed by atoms with Crippen LogP contribution in [0.15, 0.2) is 24.3 Å². The standard InChI is InChI=1S/C16H23NO4/c1-3-4-5-10-21-12-15(18)17(2)11-13-6-8-14(9-7-13)16(19)20/h6-9H,3-5,10-12H2,1-2H3,(H,19,20). The number of aromatic carboxylic acids is 1. The molecule has 1 aromatic rings. The molecule has 5 heteroatoms. The van der Waals surface area contributed by atoms with Crippen LogP contribution in [0.25, 0.3) is 0 Å². The molecule has 21 heavy (non-hydrogen) atoms. The Morgan fingerprint density at radius 3 is 2.43 bits per heavy atom. The fraction of sp³-hybridized carbons (Fsp3) is 0.500. The fourth-order valence-corrected chi connectivity index (χ4v) is 1.84. The average Bonchev–Trinajstić information content (AvgIpc) is 2.47. The summed E-state index contributed by atoms with van der Waals surface area (Å²) in [6.45, 7) is 3.26. The van der Waals surface area contributed by atoms with Crippen molar-refractivity contribution in [2.45, 2.75) is 32.7 Å². The van der Waals surface area contributed by atoms with Gasteiger partial charge in [-0.3, -0.25) is 4.79 Å². The maximum atomic E-state index is 11.9. The lowest BCUT2D eigenvalue weighted by Gasteiger charge is -2.17. The molecule has 1 N–H and O–H groups in total. The van der Waals surface area contributed by atoms with Gasteiger partial charge in [-0.05, 0) is 24.1 Å². The topological polar surface area (TPSA) is 66.8 Å². The second-order valence-electron chi connectivity index (χ2n) is 5.01. The molecular weight excluding hydrogens is 270 g/mol. The van der Waals surface area contributed by atoms with E-state index in [9.17, 15) is 9.59 Å². The number of carboxylic acids is 1. The van der Waals surface area contributed by atoms with E-state index >= 15 is 0 Å². The number of hydrogen-bond donors (Lipinski definition) is 1. The van der Waals surface area contributed by atoms with Gasteiger partial charge in [0.15, 0.2) is 0 Å². The van der Waals surface area contributed by atoms with E-state index in [0.29, 0.717) is 13.2 Å². The third-order valence-electron chi connectivity index (χ3n) is 3.16. The summed E-state index contributed by atoms with van der Waals surface area (Å²) in [4.78, 5) is 24.2. The molecule has 1 amide bonds. The van der Waals surface area contributed by atoms with E-state index in [4.69, 9.17) is 9.84 Å². The van der Waals surface area contributed by atoms with E-state index in [0.717, 1.165) is 24.8 Å². The van der Waals surface area contributed by atoms with Crippen molar-refractivity contribution in [3.8, 4) is 0 Å².